The van der Waals surface area contributed by atoms with E-state index < -0.39 is 12.4 Å². The van der Waals surface area contributed by atoms with Gasteiger partial charge in [0.25, 0.3) is 6.43 Å². The van der Waals surface area contributed by atoms with E-state index in [1.54, 1.807) is 12.1 Å². The van der Waals surface area contributed by atoms with Gasteiger partial charge in [-0.2, -0.15) is 0 Å². The van der Waals surface area contributed by atoms with Crippen molar-refractivity contribution in [3.8, 4) is 0 Å². The summed E-state index contributed by atoms with van der Waals surface area (Å²) < 4.78 is 28.0. The lowest BCUT2D eigenvalue weighted by Crippen LogP contribution is -2.20. The molecule has 0 spiro atoms. The first-order valence-electron chi connectivity index (χ1n) is 4.38. The van der Waals surface area contributed by atoms with Crippen molar-refractivity contribution < 1.29 is 18.3 Å². The van der Waals surface area contributed by atoms with Crippen LogP contribution in [-0.2, 0) is 11.3 Å². The normalized spacial score (nSPS) is 10.7. The van der Waals surface area contributed by atoms with Gasteiger partial charge in [-0.25, -0.2) is 13.6 Å². The maximum absolute atomic E-state index is 11.8. The van der Waals surface area contributed by atoms with E-state index in [-0.39, 0.29) is 13.1 Å². The van der Waals surface area contributed by atoms with Crippen LogP contribution in [0.2, 0.25) is 0 Å². The Balaban J connectivity index is 2.43. The fourth-order valence-corrected chi connectivity index (χ4v) is 1.09. The second-order valence-corrected chi connectivity index (χ2v) is 2.91. The highest BCUT2D eigenvalue weighted by Crippen LogP contribution is 2.03. The van der Waals surface area contributed by atoms with Gasteiger partial charge in [-0.15, -0.1) is 0 Å². The zero-order valence-corrected chi connectivity index (χ0v) is 8.22. The molecule has 15 heavy (non-hydrogen) atoms. The van der Waals surface area contributed by atoms with Crippen molar-refractivity contribution in [2.75, 3.05) is 13.7 Å². The van der Waals surface area contributed by atoms with Crippen molar-refractivity contribution >= 4 is 5.97 Å². The molecule has 1 aromatic rings. The standard InChI is InChI=1S/C9H12F2N2O2/c1-15-9(14)7-3-2-6(13-7)4-12-5-8(10)11/h2-3,8,12-13H,4-5H2,1H3. The lowest BCUT2D eigenvalue weighted by atomic mass is 10.4. The molecule has 0 bridgehead atoms. The summed E-state index contributed by atoms with van der Waals surface area (Å²) in [7, 11) is 1.28. The van der Waals surface area contributed by atoms with Crippen LogP contribution in [0.25, 0.3) is 0 Å². The molecular formula is C9H12F2N2O2. The number of rotatable bonds is 5. The summed E-state index contributed by atoms with van der Waals surface area (Å²) in [4.78, 5) is 13.8. The monoisotopic (exact) mass is 218 g/mol. The number of esters is 1. The highest BCUT2D eigenvalue weighted by molar-refractivity contribution is 5.87. The lowest BCUT2D eigenvalue weighted by molar-refractivity contribution is 0.0594. The Hall–Kier alpha value is -1.43. The third kappa shape index (κ3) is 3.67. The maximum atomic E-state index is 11.8. The minimum Gasteiger partial charge on any atom is -0.464 e. The number of aromatic amines is 1. The third-order valence-electron chi connectivity index (χ3n) is 1.77. The van der Waals surface area contributed by atoms with Gasteiger partial charge in [-0.05, 0) is 12.1 Å². The Morgan fingerprint density at radius 1 is 1.60 bits per heavy atom. The van der Waals surface area contributed by atoms with Crippen molar-refractivity contribution in [3.63, 3.8) is 0 Å². The molecule has 0 fully saturated rings. The van der Waals surface area contributed by atoms with Crippen molar-refractivity contribution in [2.24, 2.45) is 0 Å². The van der Waals surface area contributed by atoms with E-state index in [1.165, 1.54) is 7.11 Å². The molecule has 4 nitrogen and oxygen atoms in total. The zero-order valence-electron chi connectivity index (χ0n) is 8.22. The Labute approximate surface area is 85.6 Å². The van der Waals surface area contributed by atoms with E-state index in [0.29, 0.717) is 11.4 Å². The van der Waals surface area contributed by atoms with Crippen molar-refractivity contribution in [1.29, 1.82) is 0 Å². The van der Waals surface area contributed by atoms with Crippen LogP contribution in [0.1, 0.15) is 16.2 Å². The lowest BCUT2D eigenvalue weighted by Gasteiger charge is -2.01. The Morgan fingerprint density at radius 2 is 2.33 bits per heavy atom. The molecule has 2 N–H and O–H groups in total. The second kappa shape index (κ2) is 5.45. The van der Waals surface area contributed by atoms with Gasteiger partial charge in [0, 0.05) is 12.2 Å². The van der Waals surface area contributed by atoms with E-state index in [9.17, 15) is 13.6 Å². The second-order valence-electron chi connectivity index (χ2n) is 2.91. The van der Waals surface area contributed by atoms with Crippen LogP contribution >= 0.6 is 0 Å². The smallest absolute Gasteiger partial charge is 0.354 e. The topological polar surface area (TPSA) is 54.1 Å². The predicted octanol–water partition coefficient (Wildman–Crippen LogP) is 1.16. The summed E-state index contributed by atoms with van der Waals surface area (Å²) >= 11 is 0. The van der Waals surface area contributed by atoms with Crippen molar-refractivity contribution in [1.82, 2.24) is 10.3 Å². The van der Waals surface area contributed by atoms with E-state index in [4.69, 9.17) is 0 Å². The molecule has 1 rings (SSSR count). The van der Waals surface area contributed by atoms with Gasteiger partial charge in [-0.1, -0.05) is 0 Å². The highest BCUT2D eigenvalue weighted by atomic mass is 19.3. The molecule has 0 saturated heterocycles. The molecule has 0 aliphatic carbocycles. The largest absolute Gasteiger partial charge is 0.464 e. The van der Waals surface area contributed by atoms with Crippen LogP contribution in [0.4, 0.5) is 8.78 Å². The van der Waals surface area contributed by atoms with Crippen molar-refractivity contribution in [2.45, 2.75) is 13.0 Å². The van der Waals surface area contributed by atoms with Gasteiger partial charge < -0.3 is 15.0 Å². The number of carbonyl (C=O) groups is 1. The first-order chi connectivity index (χ1) is 7.13. The number of nitrogens with one attached hydrogen (secondary N) is 2. The van der Waals surface area contributed by atoms with Gasteiger partial charge in [0.1, 0.15) is 5.69 Å². The molecule has 0 aliphatic heterocycles. The number of hydrogen-bond donors (Lipinski definition) is 2. The maximum Gasteiger partial charge on any atom is 0.354 e. The summed E-state index contributed by atoms with van der Waals surface area (Å²) in [5, 5.41) is 2.54. The number of hydrogen-bond acceptors (Lipinski definition) is 3. The molecule has 1 heterocycles. The highest BCUT2D eigenvalue weighted by Gasteiger charge is 2.08. The summed E-state index contributed by atoms with van der Waals surface area (Å²) in [6.45, 7) is -0.103. The first-order valence-corrected chi connectivity index (χ1v) is 4.38. The minimum atomic E-state index is -2.37. The Bertz CT molecular complexity index is 326. The average Bonchev–Trinajstić information content (AvgIpc) is 2.65. The molecule has 0 amide bonds. The van der Waals surface area contributed by atoms with Gasteiger partial charge in [0.15, 0.2) is 0 Å². The van der Waals surface area contributed by atoms with Gasteiger partial charge in [0.05, 0.1) is 13.7 Å². The predicted molar refractivity (Wildman–Crippen MR) is 49.8 cm³/mol. The zero-order chi connectivity index (χ0) is 11.3. The average molecular weight is 218 g/mol. The van der Waals surface area contributed by atoms with Gasteiger partial charge in [0.2, 0.25) is 0 Å². The molecule has 0 radical (unpaired) electrons. The quantitative estimate of drug-likeness (QED) is 0.729. The SMILES string of the molecule is COC(=O)c1ccc(CNCC(F)F)[nH]1. The number of methoxy groups -OCH3 is 1. The molecule has 1 aromatic heterocycles. The molecule has 0 saturated carbocycles. The van der Waals surface area contributed by atoms with Crippen LogP contribution in [0.5, 0.6) is 0 Å². The molecule has 0 atom stereocenters. The van der Waals surface area contributed by atoms with E-state index in [1.807, 2.05) is 0 Å². The Morgan fingerprint density at radius 3 is 2.93 bits per heavy atom. The fourth-order valence-electron chi connectivity index (χ4n) is 1.09. The summed E-state index contributed by atoms with van der Waals surface area (Å²) in [5.41, 5.74) is 0.974. The molecule has 84 valence electrons. The van der Waals surface area contributed by atoms with Crippen LogP contribution in [0.3, 0.4) is 0 Å². The third-order valence-corrected chi connectivity index (χ3v) is 1.77. The summed E-state index contributed by atoms with van der Waals surface area (Å²) in [6, 6.07) is 3.19. The Kier molecular flexibility index (Phi) is 4.23. The number of halogens is 2. The number of ether oxygens (including phenoxy) is 1. The van der Waals surface area contributed by atoms with Crippen LogP contribution in [-0.4, -0.2) is 31.0 Å². The van der Waals surface area contributed by atoms with Crippen LogP contribution in [0.15, 0.2) is 12.1 Å². The fraction of sp³-hybridized carbons (Fsp3) is 0.444. The van der Waals surface area contributed by atoms with Gasteiger partial charge in [-0.3, -0.25) is 0 Å². The van der Waals surface area contributed by atoms with Gasteiger partial charge >= 0.3 is 5.97 Å². The minimum absolute atomic E-state index is 0.265. The van der Waals surface area contributed by atoms with Crippen LogP contribution in [0, 0.1) is 0 Å². The number of H-pyrrole nitrogens is 1. The first kappa shape index (κ1) is 11.6. The molecule has 0 aromatic carbocycles. The number of aromatic nitrogens is 1. The van der Waals surface area contributed by atoms with Crippen molar-refractivity contribution in [3.05, 3.63) is 23.5 Å². The number of carbonyl (C=O) groups excluding carboxylic acids is 1. The summed E-state index contributed by atoms with van der Waals surface area (Å²) in [6.07, 6.45) is -2.37. The number of alkyl halides is 2. The van der Waals surface area contributed by atoms with Crippen LogP contribution < -0.4 is 5.32 Å². The molecular weight excluding hydrogens is 206 g/mol. The molecule has 0 aliphatic rings. The van der Waals surface area contributed by atoms with E-state index in [2.05, 4.69) is 15.0 Å². The summed E-state index contributed by atoms with van der Waals surface area (Å²) in [5.74, 6) is -0.477. The molecule has 6 heteroatoms. The van der Waals surface area contributed by atoms with E-state index in [0.717, 1.165) is 0 Å². The van der Waals surface area contributed by atoms with E-state index >= 15 is 0 Å². The molecule has 0 unspecified atom stereocenters.